The third kappa shape index (κ3) is 6.39. The van der Waals surface area contributed by atoms with E-state index in [2.05, 4.69) is 10.6 Å². The molecule has 0 aromatic heterocycles. The maximum absolute atomic E-state index is 15.0. The van der Waals surface area contributed by atoms with Gasteiger partial charge in [0.05, 0.1) is 29.6 Å². The Balaban J connectivity index is 1.32. The molecule has 3 aliphatic carbocycles. The van der Waals surface area contributed by atoms with Crippen LogP contribution in [0.2, 0.25) is 0 Å². The molecule has 11 nitrogen and oxygen atoms in total. The van der Waals surface area contributed by atoms with Crippen LogP contribution in [-0.2, 0) is 19.4 Å². The number of carboxylic acids is 1. The lowest BCUT2D eigenvalue weighted by atomic mass is 9.83. The lowest BCUT2D eigenvalue weighted by Crippen LogP contribution is -2.48. The van der Waals surface area contributed by atoms with Crippen LogP contribution in [0.4, 0.5) is 18.9 Å². The first-order valence-electron chi connectivity index (χ1n) is 14.9. The second kappa shape index (κ2) is 12.4. The maximum Gasteiger partial charge on any atom is 0.347 e. The van der Waals surface area contributed by atoms with Crippen LogP contribution in [0.15, 0.2) is 41.3 Å². The number of amides is 2. The summed E-state index contributed by atoms with van der Waals surface area (Å²) in [6, 6.07) is 6.14. The quantitative estimate of drug-likeness (QED) is 0.291. The molecule has 0 unspecified atom stereocenters. The number of carbonyl (C=O) groups excluding carboxylic acids is 2. The lowest BCUT2D eigenvalue weighted by molar-refractivity contribution is -0.163. The fraction of sp³-hybridized carbons (Fsp3) is 0.516. The number of rotatable bonds is 10. The van der Waals surface area contributed by atoms with Crippen LogP contribution in [0, 0.1) is 23.6 Å². The summed E-state index contributed by atoms with van der Waals surface area (Å²) in [7, 11) is -3.72. The van der Waals surface area contributed by atoms with E-state index < -0.39 is 67.3 Å². The number of ether oxygens (including phenoxy) is 2. The van der Waals surface area contributed by atoms with Crippen LogP contribution in [0.5, 0.6) is 11.5 Å². The van der Waals surface area contributed by atoms with Gasteiger partial charge >= 0.3 is 11.2 Å². The Morgan fingerprint density at radius 2 is 1.70 bits per heavy atom. The second-order valence-electron chi connectivity index (χ2n) is 12.3. The maximum atomic E-state index is 15.0. The van der Waals surface area contributed by atoms with Crippen molar-refractivity contribution in [1.29, 1.82) is 0 Å². The zero-order chi connectivity index (χ0) is 33.6. The fourth-order valence-corrected chi connectivity index (χ4v) is 7.78. The number of carboxylic acid groups (broad SMARTS) is 1. The highest BCUT2D eigenvalue weighted by Crippen LogP contribution is 2.49. The molecule has 2 bridgehead atoms. The standard InChI is InChI=1S/C31H35F3N2O9S/c1-30(33,34)46(42,43)20-5-3-4-18(13-20)35-28(38)25-16-6-7-17(12-16)26(25)36-27(37)21-14-24(22(32)15-23(21)44-2)45-19-8-10-31(41,11-9-19)29(39)40/h3-5,13-17,19,25-26,41H,6-12H2,1-2H3,(H,35,38)(H,36,37)(H,39,40)/t16-,17+,19?,25-,26+,31?/m0/s1. The molecule has 0 spiro atoms. The molecule has 4 atom stereocenters. The first kappa shape index (κ1) is 33.5. The van der Waals surface area contributed by atoms with Gasteiger partial charge < -0.3 is 30.3 Å². The van der Waals surface area contributed by atoms with Gasteiger partial charge in [-0.15, -0.1) is 0 Å². The highest BCUT2D eigenvalue weighted by Gasteiger charge is 2.51. The van der Waals surface area contributed by atoms with Gasteiger partial charge in [-0.2, -0.15) is 8.78 Å². The van der Waals surface area contributed by atoms with E-state index in [0.717, 1.165) is 31.0 Å². The number of alkyl halides is 2. The molecule has 5 rings (SSSR count). The van der Waals surface area contributed by atoms with Gasteiger partial charge in [0.1, 0.15) is 5.75 Å². The average molecular weight is 669 g/mol. The van der Waals surface area contributed by atoms with Crippen molar-refractivity contribution >= 4 is 33.3 Å². The largest absolute Gasteiger partial charge is 0.496 e. The third-order valence-corrected chi connectivity index (χ3v) is 11.2. The first-order chi connectivity index (χ1) is 21.5. The van der Waals surface area contributed by atoms with Crippen molar-refractivity contribution in [2.45, 2.75) is 79.8 Å². The minimum Gasteiger partial charge on any atom is -0.496 e. The predicted molar refractivity (Wildman–Crippen MR) is 157 cm³/mol. The van der Waals surface area contributed by atoms with E-state index in [1.165, 1.54) is 25.3 Å². The molecular formula is C31H35F3N2O9S. The van der Waals surface area contributed by atoms with Crippen molar-refractivity contribution in [3.8, 4) is 11.5 Å². The van der Waals surface area contributed by atoms with Crippen molar-refractivity contribution in [2.75, 3.05) is 12.4 Å². The van der Waals surface area contributed by atoms with Crippen LogP contribution in [0.3, 0.4) is 0 Å². The van der Waals surface area contributed by atoms with Gasteiger partial charge in [0, 0.05) is 24.7 Å². The third-order valence-electron chi connectivity index (χ3n) is 9.35. The van der Waals surface area contributed by atoms with Gasteiger partial charge in [0.25, 0.3) is 5.91 Å². The zero-order valence-corrected chi connectivity index (χ0v) is 25.9. The average Bonchev–Trinajstić information content (AvgIpc) is 3.60. The Morgan fingerprint density at radius 3 is 2.33 bits per heavy atom. The number of fused-ring (bicyclic) bond motifs is 2. The summed E-state index contributed by atoms with van der Waals surface area (Å²) >= 11 is 0. The molecule has 2 aromatic carbocycles. The summed E-state index contributed by atoms with van der Waals surface area (Å²) < 4.78 is 77.9. The number of hydrogen-bond donors (Lipinski definition) is 4. The molecule has 4 N–H and O–H groups in total. The van der Waals surface area contributed by atoms with Crippen molar-refractivity contribution in [3.05, 3.63) is 47.8 Å². The molecule has 0 saturated heterocycles. The smallest absolute Gasteiger partial charge is 0.347 e. The summed E-state index contributed by atoms with van der Waals surface area (Å²) in [6.07, 6.45) is 1.64. The van der Waals surface area contributed by atoms with Crippen LogP contribution < -0.4 is 20.1 Å². The number of nitrogens with one attached hydrogen (secondary N) is 2. The number of halogens is 3. The van der Waals surface area contributed by atoms with Crippen LogP contribution in [-0.4, -0.2) is 66.5 Å². The summed E-state index contributed by atoms with van der Waals surface area (Å²) in [4.78, 5) is 37.8. The van der Waals surface area contributed by atoms with Gasteiger partial charge in [-0.3, -0.25) is 9.59 Å². The number of sulfone groups is 1. The van der Waals surface area contributed by atoms with E-state index in [1.54, 1.807) is 0 Å². The minimum atomic E-state index is -4.98. The Kier molecular flexibility index (Phi) is 9.03. The number of benzene rings is 2. The number of anilines is 1. The molecule has 15 heteroatoms. The molecule has 2 amide bonds. The molecule has 2 aromatic rings. The van der Waals surface area contributed by atoms with E-state index >= 15 is 0 Å². The van der Waals surface area contributed by atoms with E-state index in [1.807, 2.05) is 0 Å². The Hall–Kier alpha value is -3.85. The summed E-state index contributed by atoms with van der Waals surface area (Å²) in [6.45, 7) is 0.277. The van der Waals surface area contributed by atoms with Crippen LogP contribution in [0.25, 0.3) is 0 Å². The number of aliphatic carboxylic acids is 1. The van der Waals surface area contributed by atoms with Gasteiger partial charge in [0.2, 0.25) is 15.7 Å². The van der Waals surface area contributed by atoms with Crippen LogP contribution >= 0.6 is 0 Å². The Labute approximate surface area is 263 Å². The number of methoxy groups -OCH3 is 1. The molecule has 3 aliphatic rings. The molecule has 0 radical (unpaired) electrons. The van der Waals surface area contributed by atoms with E-state index in [9.17, 15) is 46.2 Å². The van der Waals surface area contributed by atoms with Gasteiger partial charge in [-0.25, -0.2) is 17.6 Å². The molecule has 46 heavy (non-hydrogen) atoms. The summed E-state index contributed by atoms with van der Waals surface area (Å²) in [5.41, 5.74) is -1.93. The van der Waals surface area contributed by atoms with E-state index in [0.29, 0.717) is 6.42 Å². The molecular weight excluding hydrogens is 633 g/mol. The van der Waals surface area contributed by atoms with Gasteiger partial charge in [0.15, 0.2) is 17.2 Å². The van der Waals surface area contributed by atoms with E-state index in [-0.39, 0.29) is 67.2 Å². The number of carbonyl (C=O) groups is 3. The lowest BCUT2D eigenvalue weighted by Gasteiger charge is -2.33. The Morgan fingerprint density at radius 1 is 1.02 bits per heavy atom. The highest BCUT2D eigenvalue weighted by molar-refractivity contribution is 7.92. The zero-order valence-electron chi connectivity index (χ0n) is 25.1. The van der Waals surface area contributed by atoms with Crippen molar-refractivity contribution in [1.82, 2.24) is 5.32 Å². The summed E-state index contributed by atoms with van der Waals surface area (Å²) in [5, 5.41) is 20.9. The second-order valence-corrected chi connectivity index (χ2v) is 14.5. The number of aliphatic hydroxyl groups is 1. The van der Waals surface area contributed by atoms with Crippen molar-refractivity contribution in [3.63, 3.8) is 0 Å². The fourth-order valence-electron chi connectivity index (χ4n) is 6.83. The van der Waals surface area contributed by atoms with E-state index in [4.69, 9.17) is 9.47 Å². The first-order valence-corrected chi connectivity index (χ1v) is 16.4. The SMILES string of the molecule is COc1cc(F)c(OC2CCC(O)(C(=O)O)CC2)cc1C(=O)N[C@@H]1[C@@H]2CC[C@@H](C2)[C@@H]1C(=O)Nc1cccc(S(=O)(=O)C(C)(F)F)c1. The van der Waals surface area contributed by atoms with Gasteiger partial charge in [-0.1, -0.05) is 6.07 Å². The highest BCUT2D eigenvalue weighted by atomic mass is 32.2. The van der Waals surface area contributed by atoms with Gasteiger partial charge in [-0.05, 0) is 81.0 Å². The molecule has 250 valence electrons. The normalized spacial score (nSPS) is 27.6. The minimum absolute atomic E-state index is 0.00896. The van der Waals surface area contributed by atoms with Crippen molar-refractivity contribution < 1.29 is 55.7 Å². The molecule has 0 aliphatic heterocycles. The monoisotopic (exact) mass is 668 g/mol. The Bertz CT molecular complexity index is 1640. The van der Waals surface area contributed by atoms with Crippen LogP contribution in [0.1, 0.15) is 62.2 Å². The summed E-state index contributed by atoms with van der Waals surface area (Å²) in [5.74, 6) is -4.51. The topological polar surface area (TPSA) is 168 Å². The number of hydrogen-bond acceptors (Lipinski definition) is 8. The van der Waals surface area contributed by atoms with Crippen molar-refractivity contribution in [2.24, 2.45) is 17.8 Å². The molecule has 3 saturated carbocycles. The molecule has 0 heterocycles. The predicted octanol–water partition coefficient (Wildman–Crippen LogP) is 4.14. The molecule has 3 fully saturated rings.